The van der Waals surface area contributed by atoms with E-state index in [1.165, 1.54) is 0 Å². The molecule has 174 valence electrons. The van der Waals surface area contributed by atoms with Gasteiger partial charge in [-0.3, -0.25) is 0 Å². The number of rotatable bonds is 8. The molecule has 0 saturated carbocycles. The van der Waals surface area contributed by atoms with Crippen LogP contribution < -0.4 is 20.7 Å². The molecule has 0 aliphatic heterocycles. The molecule has 4 N–H and O–H groups in total. The number of ether oxygens (including phenoxy) is 1. The Kier molecular flexibility index (Phi) is 6.52. The predicted octanol–water partition coefficient (Wildman–Crippen LogP) is 3.83. The SMILES string of the molecule is COc1cc(N(C)CCN(C)C)c(N)cc1Nc1nccc(-c2c[nH]c3c(C#N)cccc23)n1. The molecule has 0 spiro atoms. The van der Waals surface area contributed by atoms with Gasteiger partial charge in [-0.25, -0.2) is 9.97 Å². The topological polar surface area (TPSA) is 119 Å². The first kappa shape index (κ1) is 22.9. The van der Waals surface area contributed by atoms with Crippen molar-refractivity contribution in [2.75, 3.05) is 57.3 Å². The average molecular weight is 457 g/mol. The lowest BCUT2D eigenvalue weighted by molar-refractivity contribution is 0.413. The van der Waals surface area contributed by atoms with E-state index in [0.717, 1.165) is 40.9 Å². The van der Waals surface area contributed by atoms with Crippen LogP contribution >= 0.6 is 0 Å². The standard InChI is InChI=1S/C25H28N8O/c1-32(2)10-11-33(3)22-13-23(34-4)21(12-19(22)27)31-25-28-9-8-20(30-25)18-15-29-24-16(14-26)6-5-7-17(18)24/h5-9,12-13,15,29H,10-11,27H2,1-4H3,(H,28,30,31). The summed E-state index contributed by atoms with van der Waals surface area (Å²) in [7, 11) is 7.71. The minimum atomic E-state index is 0.412. The number of likely N-dealkylation sites (N-methyl/N-ethyl adjacent to an activating group) is 2. The van der Waals surface area contributed by atoms with Gasteiger partial charge in [-0.1, -0.05) is 12.1 Å². The molecule has 34 heavy (non-hydrogen) atoms. The summed E-state index contributed by atoms with van der Waals surface area (Å²) >= 11 is 0. The van der Waals surface area contributed by atoms with Gasteiger partial charge in [-0.2, -0.15) is 5.26 Å². The van der Waals surface area contributed by atoms with Gasteiger partial charge < -0.3 is 30.6 Å². The molecule has 0 bridgehead atoms. The number of aromatic nitrogens is 3. The largest absolute Gasteiger partial charge is 0.494 e. The minimum absolute atomic E-state index is 0.412. The lowest BCUT2D eigenvalue weighted by Crippen LogP contribution is -2.29. The van der Waals surface area contributed by atoms with E-state index in [1.807, 2.05) is 57.7 Å². The Morgan fingerprint density at radius 3 is 2.74 bits per heavy atom. The second-order valence-electron chi connectivity index (χ2n) is 8.27. The maximum Gasteiger partial charge on any atom is 0.227 e. The predicted molar refractivity (Wildman–Crippen MR) is 137 cm³/mol. The number of anilines is 4. The number of methoxy groups -OCH3 is 1. The molecule has 0 fully saturated rings. The quantitative estimate of drug-likeness (QED) is 0.342. The Balaban J connectivity index is 1.64. The van der Waals surface area contributed by atoms with Gasteiger partial charge in [-0.15, -0.1) is 0 Å². The van der Waals surface area contributed by atoms with E-state index >= 15 is 0 Å². The van der Waals surface area contributed by atoms with E-state index in [9.17, 15) is 5.26 Å². The first-order valence-corrected chi connectivity index (χ1v) is 10.8. The van der Waals surface area contributed by atoms with Crippen molar-refractivity contribution < 1.29 is 4.74 Å². The number of para-hydroxylation sites is 1. The second kappa shape index (κ2) is 9.68. The van der Waals surface area contributed by atoms with E-state index in [0.29, 0.717) is 28.6 Å². The van der Waals surface area contributed by atoms with Gasteiger partial charge in [0.2, 0.25) is 5.95 Å². The van der Waals surface area contributed by atoms with Gasteiger partial charge in [0.05, 0.1) is 40.9 Å². The van der Waals surface area contributed by atoms with Gasteiger partial charge >= 0.3 is 0 Å². The highest BCUT2D eigenvalue weighted by Crippen LogP contribution is 2.36. The monoisotopic (exact) mass is 456 g/mol. The number of nitriles is 1. The second-order valence-corrected chi connectivity index (χ2v) is 8.27. The van der Waals surface area contributed by atoms with Crippen molar-refractivity contribution in [3.8, 4) is 23.1 Å². The molecule has 0 unspecified atom stereocenters. The summed E-state index contributed by atoms with van der Waals surface area (Å²) in [6.45, 7) is 1.74. The zero-order valence-electron chi connectivity index (χ0n) is 19.8. The molecule has 0 radical (unpaired) electrons. The average Bonchev–Trinajstić information content (AvgIpc) is 3.27. The third kappa shape index (κ3) is 4.58. The van der Waals surface area contributed by atoms with Crippen LogP contribution in [0.4, 0.5) is 23.0 Å². The molecule has 0 saturated heterocycles. The Hall–Kier alpha value is -4.29. The molecule has 0 amide bonds. The highest BCUT2D eigenvalue weighted by atomic mass is 16.5. The molecular formula is C25H28N8O. The molecule has 0 aliphatic carbocycles. The molecule has 0 aliphatic rings. The van der Waals surface area contributed by atoms with Crippen molar-refractivity contribution in [1.29, 1.82) is 5.26 Å². The molecule has 2 aromatic carbocycles. The first-order valence-electron chi connectivity index (χ1n) is 10.8. The van der Waals surface area contributed by atoms with Gasteiger partial charge in [-0.05, 0) is 32.3 Å². The van der Waals surface area contributed by atoms with Gasteiger partial charge in [0.1, 0.15) is 11.8 Å². The fraction of sp³-hybridized carbons (Fsp3) is 0.240. The molecule has 2 heterocycles. The smallest absolute Gasteiger partial charge is 0.227 e. The van der Waals surface area contributed by atoms with Crippen LogP contribution in [-0.2, 0) is 0 Å². The van der Waals surface area contributed by atoms with Crippen molar-refractivity contribution in [3.05, 3.63) is 54.4 Å². The van der Waals surface area contributed by atoms with E-state index in [1.54, 1.807) is 19.4 Å². The van der Waals surface area contributed by atoms with Crippen molar-refractivity contribution >= 4 is 33.9 Å². The summed E-state index contributed by atoms with van der Waals surface area (Å²) in [5, 5.41) is 13.5. The zero-order chi connectivity index (χ0) is 24.2. The summed E-state index contributed by atoms with van der Waals surface area (Å²) in [5.74, 6) is 1.05. The number of nitrogens with one attached hydrogen (secondary N) is 2. The fourth-order valence-electron chi connectivity index (χ4n) is 3.80. The third-order valence-electron chi connectivity index (χ3n) is 5.66. The van der Waals surface area contributed by atoms with Crippen molar-refractivity contribution in [3.63, 3.8) is 0 Å². The van der Waals surface area contributed by atoms with Crippen molar-refractivity contribution in [2.24, 2.45) is 0 Å². The van der Waals surface area contributed by atoms with Gasteiger partial charge in [0.15, 0.2) is 0 Å². The molecular weight excluding hydrogens is 428 g/mol. The van der Waals surface area contributed by atoms with Crippen LogP contribution in [0.2, 0.25) is 0 Å². The first-order chi connectivity index (χ1) is 16.4. The number of hydrogen-bond acceptors (Lipinski definition) is 8. The number of benzene rings is 2. The summed E-state index contributed by atoms with van der Waals surface area (Å²) in [4.78, 5) is 16.5. The van der Waals surface area contributed by atoms with Crippen LogP contribution in [0.15, 0.2) is 48.8 Å². The van der Waals surface area contributed by atoms with E-state index in [-0.39, 0.29) is 0 Å². The number of nitrogens with zero attached hydrogens (tertiary/aromatic N) is 5. The molecule has 9 nitrogen and oxygen atoms in total. The van der Waals surface area contributed by atoms with E-state index in [4.69, 9.17) is 15.5 Å². The summed E-state index contributed by atoms with van der Waals surface area (Å²) < 4.78 is 5.63. The van der Waals surface area contributed by atoms with Gasteiger partial charge in [0, 0.05) is 49.5 Å². The van der Waals surface area contributed by atoms with Crippen LogP contribution in [0.1, 0.15) is 5.56 Å². The van der Waals surface area contributed by atoms with Crippen LogP contribution in [0.3, 0.4) is 0 Å². The molecule has 0 atom stereocenters. The summed E-state index contributed by atoms with van der Waals surface area (Å²) in [6.07, 6.45) is 3.55. The Morgan fingerprint density at radius 2 is 2.00 bits per heavy atom. The summed E-state index contributed by atoms with van der Waals surface area (Å²) in [6, 6.07) is 13.4. The summed E-state index contributed by atoms with van der Waals surface area (Å²) in [5.41, 5.74) is 11.6. The van der Waals surface area contributed by atoms with Crippen LogP contribution in [0.25, 0.3) is 22.2 Å². The number of aromatic amines is 1. The maximum atomic E-state index is 9.37. The number of hydrogen-bond donors (Lipinski definition) is 3. The number of nitrogen functional groups attached to an aromatic ring is 1. The molecule has 4 aromatic rings. The number of nitrogens with two attached hydrogens (primary N) is 1. The number of fused-ring (bicyclic) bond motifs is 1. The fourth-order valence-corrected chi connectivity index (χ4v) is 3.80. The van der Waals surface area contributed by atoms with Crippen molar-refractivity contribution in [2.45, 2.75) is 0 Å². The normalized spacial score (nSPS) is 10.9. The highest BCUT2D eigenvalue weighted by molar-refractivity contribution is 5.97. The molecule has 9 heteroatoms. The van der Waals surface area contributed by atoms with Crippen molar-refractivity contribution in [1.82, 2.24) is 19.9 Å². The number of H-pyrrole nitrogens is 1. The van der Waals surface area contributed by atoms with Gasteiger partial charge in [0.25, 0.3) is 0 Å². The van der Waals surface area contributed by atoms with Crippen LogP contribution in [-0.4, -0.2) is 61.2 Å². The van der Waals surface area contributed by atoms with E-state index in [2.05, 4.69) is 31.2 Å². The third-order valence-corrected chi connectivity index (χ3v) is 5.66. The lowest BCUT2D eigenvalue weighted by atomic mass is 10.1. The Morgan fingerprint density at radius 1 is 1.18 bits per heavy atom. The highest BCUT2D eigenvalue weighted by Gasteiger charge is 2.15. The molecule has 4 rings (SSSR count). The minimum Gasteiger partial charge on any atom is -0.494 e. The Labute approximate surface area is 198 Å². The van der Waals surface area contributed by atoms with E-state index < -0.39 is 0 Å². The lowest BCUT2D eigenvalue weighted by Gasteiger charge is -2.24. The Bertz CT molecular complexity index is 1360. The molecule has 2 aromatic heterocycles. The maximum absolute atomic E-state index is 9.37. The van der Waals surface area contributed by atoms with Crippen LogP contribution in [0, 0.1) is 11.3 Å². The zero-order valence-corrected chi connectivity index (χ0v) is 19.8. The van der Waals surface area contributed by atoms with Crippen LogP contribution in [0.5, 0.6) is 5.75 Å².